The number of furan rings is 1. The van der Waals surface area contributed by atoms with Crippen LogP contribution in [-0.2, 0) is 42.9 Å². The Morgan fingerprint density at radius 3 is 2.12 bits per heavy atom. The fraction of sp³-hybridized carbons (Fsp3) is 0.730. The molecule has 10 unspecified atom stereocenters. The molecule has 6 rings (SSSR count). The molecule has 0 aromatic carbocycles. The first-order valence-corrected chi connectivity index (χ1v) is 17.3. The molecule has 49 heavy (non-hydrogen) atoms. The van der Waals surface area contributed by atoms with Crippen LogP contribution in [0.15, 0.2) is 34.7 Å². The second-order valence-corrected chi connectivity index (χ2v) is 16.7. The molecule has 2 bridgehead atoms. The van der Waals surface area contributed by atoms with E-state index in [9.17, 15) is 29.4 Å². The van der Waals surface area contributed by atoms with Crippen molar-refractivity contribution < 1.29 is 57.5 Å². The number of esters is 4. The summed E-state index contributed by atoms with van der Waals surface area (Å²) in [6, 6.07) is 1.71. The number of cyclic esters (lactones) is 1. The molecule has 10 atom stereocenters. The Balaban J connectivity index is 1.64. The Bertz CT molecular complexity index is 1560. The average molecular weight is 687 g/mol. The van der Waals surface area contributed by atoms with Gasteiger partial charge in [0.1, 0.15) is 17.8 Å². The third-order valence-electron chi connectivity index (χ3n) is 12.5. The van der Waals surface area contributed by atoms with Gasteiger partial charge in [0.15, 0.2) is 11.7 Å². The lowest BCUT2D eigenvalue weighted by Crippen LogP contribution is -2.84. The molecule has 1 aromatic heterocycles. The Morgan fingerprint density at radius 2 is 1.57 bits per heavy atom. The van der Waals surface area contributed by atoms with Gasteiger partial charge in [-0.3, -0.25) is 14.4 Å². The average Bonchev–Trinajstić information content (AvgIpc) is 3.65. The van der Waals surface area contributed by atoms with Gasteiger partial charge in [0.25, 0.3) is 0 Å². The summed E-state index contributed by atoms with van der Waals surface area (Å²) in [5, 5.41) is 26.6. The fourth-order valence-corrected chi connectivity index (χ4v) is 10.6. The topological polar surface area (TPSA) is 168 Å². The lowest BCUT2D eigenvalue weighted by molar-refractivity contribution is -0.385. The molecular formula is C37H50O12. The first-order valence-electron chi connectivity index (χ1n) is 17.3. The number of rotatable bonds is 9. The molecule has 1 spiro atoms. The van der Waals surface area contributed by atoms with Gasteiger partial charge in [-0.1, -0.05) is 55.4 Å². The van der Waals surface area contributed by atoms with Gasteiger partial charge in [-0.25, -0.2) is 4.79 Å². The lowest BCUT2D eigenvalue weighted by atomic mass is 9.36. The van der Waals surface area contributed by atoms with E-state index in [0.29, 0.717) is 24.0 Å². The number of fused-ring (bicyclic) bond motifs is 2. The summed E-state index contributed by atoms with van der Waals surface area (Å²) in [6.45, 7) is 14.6. The van der Waals surface area contributed by atoms with Crippen LogP contribution in [0.4, 0.5) is 0 Å². The molecule has 4 fully saturated rings. The molecular weight excluding hydrogens is 636 g/mol. The summed E-state index contributed by atoms with van der Waals surface area (Å²) in [6.07, 6.45) is 0.963. The Morgan fingerprint density at radius 1 is 0.959 bits per heavy atom. The minimum atomic E-state index is -2.54. The van der Waals surface area contributed by atoms with Crippen LogP contribution in [0.5, 0.6) is 0 Å². The highest BCUT2D eigenvalue weighted by molar-refractivity contribution is 5.86. The molecule has 4 heterocycles. The molecule has 5 aliphatic rings. The lowest BCUT2D eigenvalue weighted by Gasteiger charge is -2.69. The number of carbonyl (C=O) groups is 4. The van der Waals surface area contributed by atoms with Crippen LogP contribution in [0.3, 0.4) is 0 Å². The summed E-state index contributed by atoms with van der Waals surface area (Å²) in [7, 11) is 1.27. The van der Waals surface area contributed by atoms with E-state index >= 15 is 0 Å². The normalized spacial score (nSPS) is 41.4. The maximum Gasteiger partial charge on any atom is 0.331 e. The van der Waals surface area contributed by atoms with E-state index in [-0.39, 0.29) is 31.1 Å². The zero-order valence-electron chi connectivity index (χ0n) is 29.9. The van der Waals surface area contributed by atoms with Crippen LogP contribution in [0.2, 0.25) is 0 Å². The summed E-state index contributed by atoms with van der Waals surface area (Å²) >= 11 is 0. The number of hydrogen-bond donors (Lipinski definition) is 2. The summed E-state index contributed by atoms with van der Waals surface area (Å²) in [4.78, 5) is 53.9. The molecule has 3 aliphatic heterocycles. The number of carbonyl (C=O) groups excluding carboxylic acids is 4. The first kappa shape index (κ1) is 35.6. The highest BCUT2D eigenvalue weighted by Crippen LogP contribution is 2.82. The maximum absolute atomic E-state index is 13.7. The summed E-state index contributed by atoms with van der Waals surface area (Å²) in [5.41, 5.74) is -6.90. The first-order chi connectivity index (χ1) is 22.7. The van der Waals surface area contributed by atoms with Crippen LogP contribution in [0, 0.1) is 39.9 Å². The van der Waals surface area contributed by atoms with Crippen LogP contribution in [-0.4, -0.2) is 70.4 Å². The smallest absolute Gasteiger partial charge is 0.331 e. The molecule has 0 radical (unpaired) electrons. The van der Waals surface area contributed by atoms with E-state index in [4.69, 9.17) is 28.1 Å². The highest BCUT2D eigenvalue weighted by Gasteiger charge is 2.96. The van der Waals surface area contributed by atoms with E-state index < -0.39 is 87.3 Å². The molecule has 270 valence electrons. The molecule has 1 aromatic rings. The molecule has 2 aliphatic carbocycles. The van der Waals surface area contributed by atoms with Crippen molar-refractivity contribution in [1.29, 1.82) is 0 Å². The van der Waals surface area contributed by atoms with Crippen molar-refractivity contribution in [3.63, 3.8) is 0 Å². The van der Waals surface area contributed by atoms with Crippen LogP contribution < -0.4 is 0 Å². The van der Waals surface area contributed by atoms with Gasteiger partial charge in [-0.15, -0.1) is 0 Å². The zero-order chi connectivity index (χ0) is 36.1. The fourth-order valence-electron chi connectivity index (χ4n) is 10.6. The largest absolute Gasteiger partial charge is 0.472 e. The Labute approximate surface area is 286 Å². The molecule has 2 N–H and O–H groups in total. The summed E-state index contributed by atoms with van der Waals surface area (Å²) < 4.78 is 35.9. The highest BCUT2D eigenvalue weighted by atomic mass is 16.7. The van der Waals surface area contributed by atoms with Gasteiger partial charge in [0, 0.05) is 53.1 Å². The van der Waals surface area contributed by atoms with Crippen LogP contribution >= 0.6 is 0 Å². The van der Waals surface area contributed by atoms with Gasteiger partial charge in [0.05, 0.1) is 19.6 Å². The molecule has 0 amide bonds. The van der Waals surface area contributed by atoms with Crippen molar-refractivity contribution in [2.24, 2.45) is 39.9 Å². The van der Waals surface area contributed by atoms with Crippen molar-refractivity contribution in [2.75, 3.05) is 7.11 Å². The van der Waals surface area contributed by atoms with E-state index in [2.05, 4.69) is 0 Å². The number of aliphatic hydroxyl groups is 2. The Kier molecular flexibility index (Phi) is 8.28. The van der Waals surface area contributed by atoms with Crippen molar-refractivity contribution in [1.82, 2.24) is 0 Å². The quantitative estimate of drug-likeness (QED) is 0.275. The molecule has 2 saturated carbocycles. The van der Waals surface area contributed by atoms with Crippen molar-refractivity contribution in [2.45, 2.75) is 123 Å². The predicted octanol–water partition coefficient (Wildman–Crippen LogP) is 4.56. The minimum absolute atomic E-state index is 0.00784. The van der Waals surface area contributed by atoms with Crippen LogP contribution in [0.1, 0.15) is 99.2 Å². The van der Waals surface area contributed by atoms with E-state index in [1.54, 1.807) is 26.8 Å². The third kappa shape index (κ3) is 4.58. The molecule has 2 saturated heterocycles. The van der Waals surface area contributed by atoms with Crippen LogP contribution in [0.25, 0.3) is 0 Å². The van der Waals surface area contributed by atoms with Crippen molar-refractivity contribution in [3.05, 3.63) is 35.8 Å². The van der Waals surface area contributed by atoms with Crippen molar-refractivity contribution >= 4 is 23.9 Å². The van der Waals surface area contributed by atoms with Gasteiger partial charge in [0.2, 0.25) is 5.79 Å². The van der Waals surface area contributed by atoms with Gasteiger partial charge in [-0.2, -0.15) is 0 Å². The van der Waals surface area contributed by atoms with E-state index in [1.165, 1.54) is 25.7 Å². The standard InChI is InChI=1S/C37H50O12/c1-19(2)14-26(39)47-30-32(5,6)23(16-25(38)44-9)34(8)22-10-12-33(7)24(17-28(41)46-29(33)21-11-13-45-18-21)35(22)31(48-27(40)15-20(3)4)36(30,42)37(34,43)49-35/h11,13,17-20,22-23,29-31,42-43H,10,12,14-16H2,1-9H3. The minimum Gasteiger partial charge on any atom is -0.472 e. The number of methoxy groups -OCH3 is 1. The summed E-state index contributed by atoms with van der Waals surface area (Å²) in [5.74, 6) is -6.71. The monoisotopic (exact) mass is 686 g/mol. The zero-order valence-corrected chi connectivity index (χ0v) is 29.9. The van der Waals surface area contributed by atoms with Gasteiger partial charge in [-0.05, 0) is 42.2 Å². The Hall–Kier alpha value is -3.22. The van der Waals surface area contributed by atoms with Gasteiger partial charge < -0.3 is 38.3 Å². The van der Waals surface area contributed by atoms with Gasteiger partial charge >= 0.3 is 23.9 Å². The third-order valence-corrected chi connectivity index (χ3v) is 12.5. The second-order valence-electron chi connectivity index (χ2n) is 16.7. The predicted molar refractivity (Wildman–Crippen MR) is 171 cm³/mol. The second kappa shape index (κ2) is 11.4. The number of hydrogen-bond acceptors (Lipinski definition) is 12. The van der Waals surface area contributed by atoms with Crippen molar-refractivity contribution in [3.8, 4) is 0 Å². The molecule has 12 heteroatoms. The SMILES string of the molecule is COC(=O)CC1C(C)(C)C(OC(=O)CC(C)C)C2(O)C(OC(=O)CC(C)C)C34OC2(O)C1(C)C3CCC1(C)C4=CC(=O)OC1c1ccoc1. The van der Waals surface area contributed by atoms with E-state index in [0.717, 1.165) is 0 Å². The molecule has 12 nitrogen and oxygen atoms in total. The maximum atomic E-state index is 13.7. The van der Waals surface area contributed by atoms with E-state index in [1.807, 2.05) is 34.6 Å². The number of ether oxygens (including phenoxy) is 5.